The van der Waals surface area contributed by atoms with Gasteiger partial charge in [0, 0.05) is 10.6 Å². The quantitative estimate of drug-likeness (QED) is 0.869. The first-order valence-electron chi connectivity index (χ1n) is 6.44. The molecule has 1 heterocycles. The predicted octanol–water partition coefficient (Wildman–Crippen LogP) is 4.90. The van der Waals surface area contributed by atoms with Gasteiger partial charge in [0.2, 0.25) is 0 Å². The van der Waals surface area contributed by atoms with Crippen molar-refractivity contribution in [3.63, 3.8) is 0 Å². The Hall–Kier alpha value is -1.19. The highest BCUT2D eigenvalue weighted by molar-refractivity contribution is 7.10. The number of fused-ring (bicyclic) bond motifs is 1. The second-order valence-electron chi connectivity index (χ2n) is 4.74. The van der Waals surface area contributed by atoms with Crippen molar-refractivity contribution < 1.29 is 4.74 Å². The maximum absolute atomic E-state index is 6.16. The molecule has 0 saturated carbocycles. The number of hydrogen-bond acceptors (Lipinski definition) is 3. The monoisotopic (exact) mass is 293 g/mol. The lowest BCUT2D eigenvalue weighted by molar-refractivity contribution is 0.415. The van der Waals surface area contributed by atoms with Gasteiger partial charge >= 0.3 is 0 Å². The molecule has 1 unspecified atom stereocenters. The van der Waals surface area contributed by atoms with Crippen molar-refractivity contribution in [1.29, 1.82) is 0 Å². The molecule has 2 nitrogen and oxygen atoms in total. The maximum atomic E-state index is 6.16. The van der Waals surface area contributed by atoms with Crippen LogP contribution in [0.3, 0.4) is 0 Å². The summed E-state index contributed by atoms with van der Waals surface area (Å²) in [4.78, 5) is 1.52. The van der Waals surface area contributed by atoms with Crippen LogP contribution in [0.4, 0.5) is 5.69 Å². The van der Waals surface area contributed by atoms with Gasteiger partial charge in [-0.3, -0.25) is 0 Å². The Labute approximate surface area is 122 Å². The van der Waals surface area contributed by atoms with Crippen LogP contribution in [0.15, 0.2) is 29.6 Å². The standard InChI is InChI=1S/C15H16ClNOS/c1-18-14-6-5-10(9-12(14)16)17-13-3-2-4-15-11(13)7-8-19-15/h5-9,13,17H,2-4H2,1H3. The number of anilines is 1. The van der Waals surface area contributed by atoms with Crippen LogP contribution in [0.5, 0.6) is 5.75 Å². The molecule has 4 heteroatoms. The number of aryl methyl sites for hydroxylation is 1. The van der Waals surface area contributed by atoms with Gasteiger partial charge in [-0.25, -0.2) is 0 Å². The second kappa shape index (κ2) is 5.43. The number of rotatable bonds is 3. The van der Waals surface area contributed by atoms with Crippen molar-refractivity contribution in [2.24, 2.45) is 0 Å². The lowest BCUT2D eigenvalue weighted by Gasteiger charge is -2.25. The molecule has 19 heavy (non-hydrogen) atoms. The van der Waals surface area contributed by atoms with Gasteiger partial charge in [0.15, 0.2) is 0 Å². The molecule has 1 aliphatic rings. The van der Waals surface area contributed by atoms with Gasteiger partial charge in [-0.15, -0.1) is 11.3 Å². The highest BCUT2D eigenvalue weighted by Gasteiger charge is 2.21. The van der Waals surface area contributed by atoms with Crippen LogP contribution in [0.2, 0.25) is 5.02 Å². The summed E-state index contributed by atoms with van der Waals surface area (Å²) in [6, 6.07) is 8.50. The fourth-order valence-corrected chi connectivity index (χ4v) is 3.84. The number of halogens is 1. The molecule has 0 fully saturated rings. The first kappa shape index (κ1) is 12.8. The van der Waals surface area contributed by atoms with Crippen LogP contribution in [0.25, 0.3) is 0 Å². The van der Waals surface area contributed by atoms with Gasteiger partial charge in [-0.2, -0.15) is 0 Å². The molecule has 3 rings (SSSR count). The molecule has 1 aromatic carbocycles. The zero-order valence-electron chi connectivity index (χ0n) is 10.8. The molecule has 0 amide bonds. The lowest BCUT2D eigenvalue weighted by Crippen LogP contribution is -2.15. The molecule has 2 aromatic rings. The fraction of sp³-hybridized carbons (Fsp3) is 0.333. The highest BCUT2D eigenvalue weighted by Crippen LogP contribution is 2.36. The normalized spacial score (nSPS) is 17.9. The Bertz CT molecular complexity index is 581. The molecule has 100 valence electrons. The van der Waals surface area contributed by atoms with E-state index in [1.807, 2.05) is 29.5 Å². The summed E-state index contributed by atoms with van der Waals surface area (Å²) in [5, 5.41) is 6.42. The van der Waals surface area contributed by atoms with Crippen molar-refractivity contribution >= 4 is 28.6 Å². The minimum absolute atomic E-state index is 0.402. The van der Waals surface area contributed by atoms with Crippen LogP contribution >= 0.6 is 22.9 Å². The second-order valence-corrected chi connectivity index (χ2v) is 6.15. The summed E-state index contributed by atoms with van der Waals surface area (Å²) in [5.41, 5.74) is 2.50. The summed E-state index contributed by atoms with van der Waals surface area (Å²) in [5.74, 6) is 0.715. The Balaban J connectivity index is 1.81. The van der Waals surface area contributed by atoms with E-state index in [-0.39, 0.29) is 0 Å². The minimum Gasteiger partial charge on any atom is -0.495 e. The zero-order chi connectivity index (χ0) is 13.2. The van der Waals surface area contributed by atoms with E-state index in [1.54, 1.807) is 7.11 Å². The third-order valence-corrected chi connectivity index (χ3v) is 4.84. The van der Waals surface area contributed by atoms with Gasteiger partial charge in [0.1, 0.15) is 5.75 Å². The molecular formula is C15H16ClNOS. The topological polar surface area (TPSA) is 21.3 Å². The molecule has 1 atom stereocenters. The van der Waals surface area contributed by atoms with Gasteiger partial charge in [-0.05, 0) is 54.5 Å². The van der Waals surface area contributed by atoms with Crippen molar-refractivity contribution in [3.05, 3.63) is 45.1 Å². The highest BCUT2D eigenvalue weighted by atomic mass is 35.5. The smallest absolute Gasteiger partial charge is 0.137 e. The van der Waals surface area contributed by atoms with Crippen LogP contribution in [0.1, 0.15) is 29.3 Å². The van der Waals surface area contributed by atoms with Gasteiger partial charge in [0.25, 0.3) is 0 Å². The third-order valence-electron chi connectivity index (χ3n) is 3.54. The van der Waals surface area contributed by atoms with E-state index in [4.69, 9.17) is 16.3 Å². The van der Waals surface area contributed by atoms with E-state index in [2.05, 4.69) is 16.8 Å². The van der Waals surface area contributed by atoms with Crippen molar-refractivity contribution in [3.8, 4) is 5.75 Å². The molecule has 1 aromatic heterocycles. The summed E-state index contributed by atoms with van der Waals surface area (Å²) in [6.45, 7) is 0. The van der Waals surface area contributed by atoms with E-state index in [0.29, 0.717) is 16.8 Å². The number of benzene rings is 1. The predicted molar refractivity (Wildman–Crippen MR) is 81.6 cm³/mol. The van der Waals surface area contributed by atoms with Crippen LogP contribution in [0, 0.1) is 0 Å². The number of thiophene rings is 1. The Morgan fingerprint density at radius 2 is 2.26 bits per heavy atom. The SMILES string of the molecule is COc1ccc(NC2CCCc3sccc32)cc1Cl. The van der Waals surface area contributed by atoms with Gasteiger partial charge in [-0.1, -0.05) is 11.6 Å². The molecule has 1 N–H and O–H groups in total. The molecule has 1 aliphatic carbocycles. The number of nitrogens with one attached hydrogen (secondary N) is 1. The van der Waals surface area contributed by atoms with E-state index < -0.39 is 0 Å². The van der Waals surface area contributed by atoms with Crippen molar-refractivity contribution in [2.45, 2.75) is 25.3 Å². The lowest BCUT2D eigenvalue weighted by atomic mass is 9.94. The van der Waals surface area contributed by atoms with Crippen LogP contribution < -0.4 is 10.1 Å². The van der Waals surface area contributed by atoms with E-state index >= 15 is 0 Å². The average molecular weight is 294 g/mol. The van der Waals surface area contributed by atoms with E-state index in [9.17, 15) is 0 Å². The molecule has 0 spiro atoms. The summed E-state index contributed by atoms with van der Waals surface area (Å²) in [7, 11) is 1.63. The largest absolute Gasteiger partial charge is 0.495 e. The van der Waals surface area contributed by atoms with Gasteiger partial charge < -0.3 is 10.1 Å². The van der Waals surface area contributed by atoms with E-state index in [1.165, 1.54) is 29.7 Å². The molecule has 0 bridgehead atoms. The Kier molecular flexibility index (Phi) is 3.67. The Morgan fingerprint density at radius 1 is 1.37 bits per heavy atom. The Morgan fingerprint density at radius 3 is 3.05 bits per heavy atom. The molecule has 0 aliphatic heterocycles. The zero-order valence-corrected chi connectivity index (χ0v) is 12.4. The number of hydrogen-bond donors (Lipinski definition) is 1. The number of ether oxygens (including phenoxy) is 1. The van der Waals surface area contributed by atoms with Crippen molar-refractivity contribution in [2.75, 3.05) is 12.4 Å². The average Bonchev–Trinajstić information content (AvgIpc) is 2.88. The number of methoxy groups -OCH3 is 1. The molecular weight excluding hydrogens is 278 g/mol. The first-order chi connectivity index (χ1) is 9.28. The third kappa shape index (κ3) is 2.58. The van der Waals surface area contributed by atoms with Crippen LogP contribution in [-0.2, 0) is 6.42 Å². The van der Waals surface area contributed by atoms with Crippen LogP contribution in [-0.4, -0.2) is 7.11 Å². The van der Waals surface area contributed by atoms with E-state index in [0.717, 1.165) is 5.69 Å². The fourth-order valence-electron chi connectivity index (χ4n) is 2.59. The molecule has 0 saturated heterocycles. The summed E-state index contributed by atoms with van der Waals surface area (Å²) < 4.78 is 5.18. The summed E-state index contributed by atoms with van der Waals surface area (Å²) >= 11 is 8.03. The molecule has 0 radical (unpaired) electrons. The first-order valence-corrected chi connectivity index (χ1v) is 7.70. The maximum Gasteiger partial charge on any atom is 0.137 e. The van der Waals surface area contributed by atoms with Crippen molar-refractivity contribution in [1.82, 2.24) is 0 Å². The van der Waals surface area contributed by atoms with Gasteiger partial charge in [0.05, 0.1) is 18.2 Å². The minimum atomic E-state index is 0.402. The summed E-state index contributed by atoms with van der Waals surface area (Å²) in [6.07, 6.45) is 3.64.